The highest BCUT2D eigenvalue weighted by Gasteiger charge is 2.25. The molecule has 3 heterocycles. The molecule has 9 heteroatoms. The normalized spacial score (nSPS) is 13.7. The summed E-state index contributed by atoms with van der Waals surface area (Å²) in [5.41, 5.74) is 3.87. The molecule has 0 atom stereocenters. The number of rotatable bonds is 7. The van der Waals surface area contributed by atoms with Gasteiger partial charge < -0.3 is 15.2 Å². The molecule has 3 N–H and O–H groups in total. The zero-order valence-electron chi connectivity index (χ0n) is 16.0. The first-order valence-electron chi connectivity index (χ1n) is 9.72. The van der Waals surface area contributed by atoms with Crippen LogP contribution in [0.5, 0.6) is 0 Å². The summed E-state index contributed by atoms with van der Waals surface area (Å²) >= 11 is 6.57. The Balaban J connectivity index is 1.36. The van der Waals surface area contributed by atoms with E-state index >= 15 is 0 Å². The quantitative estimate of drug-likeness (QED) is 0.420. The Bertz CT molecular complexity index is 1150. The summed E-state index contributed by atoms with van der Waals surface area (Å²) in [6, 6.07) is 7.89. The number of anilines is 3. The molecule has 0 spiro atoms. The van der Waals surface area contributed by atoms with E-state index in [4.69, 9.17) is 11.6 Å². The number of aromatic nitrogens is 6. The number of fused-ring (bicyclic) bond motifs is 1. The summed E-state index contributed by atoms with van der Waals surface area (Å²) in [6.07, 6.45) is 5.87. The van der Waals surface area contributed by atoms with Crippen molar-refractivity contribution in [3.05, 3.63) is 53.1 Å². The highest BCUT2D eigenvalue weighted by atomic mass is 35.5. The van der Waals surface area contributed by atoms with Crippen molar-refractivity contribution < 1.29 is 0 Å². The number of hydrogen-bond acceptors (Lipinski definition) is 6. The lowest BCUT2D eigenvalue weighted by Gasteiger charge is -2.22. The summed E-state index contributed by atoms with van der Waals surface area (Å²) in [4.78, 5) is 18.6. The van der Waals surface area contributed by atoms with Crippen LogP contribution in [-0.2, 0) is 6.54 Å². The third-order valence-corrected chi connectivity index (χ3v) is 5.57. The summed E-state index contributed by atoms with van der Waals surface area (Å²) in [5, 5.41) is 11.3. The smallest absolute Gasteiger partial charge is 0.227 e. The average Bonchev–Trinajstić information content (AvgIpc) is 3.28. The zero-order valence-corrected chi connectivity index (χ0v) is 16.7. The molecule has 0 unspecified atom stereocenters. The van der Waals surface area contributed by atoms with E-state index in [0.29, 0.717) is 29.3 Å². The minimum Gasteiger partial charge on any atom is -0.345 e. The van der Waals surface area contributed by atoms with E-state index in [9.17, 15) is 0 Å². The van der Waals surface area contributed by atoms with Crippen LogP contribution in [0.4, 0.5) is 17.6 Å². The van der Waals surface area contributed by atoms with Gasteiger partial charge in [0.2, 0.25) is 5.95 Å². The van der Waals surface area contributed by atoms with Crippen molar-refractivity contribution in [3.63, 3.8) is 0 Å². The van der Waals surface area contributed by atoms with Crippen molar-refractivity contribution >= 4 is 40.2 Å². The van der Waals surface area contributed by atoms with Crippen LogP contribution in [0.15, 0.2) is 36.8 Å². The van der Waals surface area contributed by atoms with Gasteiger partial charge in [0.1, 0.15) is 11.3 Å². The first-order chi connectivity index (χ1) is 14.2. The predicted octanol–water partition coefficient (Wildman–Crippen LogP) is 4.38. The number of hydrogen-bond donors (Lipinski definition) is 3. The molecule has 1 aromatic carbocycles. The molecule has 1 saturated carbocycles. The van der Waals surface area contributed by atoms with Crippen LogP contribution in [0.1, 0.15) is 36.9 Å². The summed E-state index contributed by atoms with van der Waals surface area (Å²) in [5.74, 6) is 2.74. The number of halogens is 1. The Labute approximate surface area is 172 Å². The van der Waals surface area contributed by atoms with Gasteiger partial charge in [-0.3, -0.25) is 5.10 Å². The minimum absolute atomic E-state index is 0.593. The average molecular weight is 409 g/mol. The number of nitrogens with one attached hydrogen (secondary N) is 3. The van der Waals surface area contributed by atoms with Crippen molar-refractivity contribution in [3.8, 4) is 0 Å². The van der Waals surface area contributed by atoms with Gasteiger partial charge in [0.05, 0.1) is 16.9 Å². The first kappa shape index (κ1) is 17.9. The van der Waals surface area contributed by atoms with Crippen molar-refractivity contribution in [2.24, 2.45) is 0 Å². The third-order valence-electron chi connectivity index (χ3n) is 5.15. The van der Waals surface area contributed by atoms with E-state index in [1.54, 1.807) is 12.5 Å². The molecule has 1 fully saturated rings. The molecule has 8 nitrogen and oxygen atoms in total. The lowest BCUT2D eigenvalue weighted by Crippen LogP contribution is -2.24. The molecule has 1 aliphatic carbocycles. The molecule has 148 valence electrons. The maximum Gasteiger partial charge on any atom is 0.227 e. The van der Waals surface area contributed by atoms with E-state index < -0.39 is 0 Å². The monoisotopic (exact) mass is 408 g/mol. The fourth-order valence-electron chi connectivity index (χ4n) is 3.37. The van der Waals surface area contributed by atoms with Crippen molar-refractivity contribution in [2.45, 2.75) is 32.2 Å². The van der Waals surface area contributed by atoms with Gasteiger partial charge in [-0.25, -0.2) is 9.97 Å². The first-order valence-corrected chi connectivity index (χ1v) is 10.1. The van der Waals surface area contributed by atoms with Gasteiger partial charge in [-0.15, -0.1) is 0 Å². The van der Waals surface area contributed by atoms with Crippen LogP contribution in [-0.4, -0.2) is 36.7 Å². The second-order valence-corrected chi connectivity index (χ2v) is 7.58. The van der Waals surface area contributed by atoms with Gasteiger partial charge >= 0.3 is 0 Å². The van der Waals surface area contributed by atoms with E-state index in [1.807, 2.05) is 18.2 Å². The van der Waals surface area contributed by atoms with Crippen molar-refractivity contribution in [2.75, 3.05) is 16.8 Å². The lowest BCUT2D eigenvalue weighted by molar-refractivity contribution is 0.793. The second-order valence-electron chi connectivity index (χ2n) is 7.20. The molecule has 1 aliphatic rings. The van der Waals surface area contributed by atoms with Crippen LogP contribution in [0, 0.1) is 0 Å². The second kappa shape index (κ2) is 7.36. The number of benzene rings is 1. The standard InChI is InChI=1S/C20H21ClN8/c1-2-29(10-13-5-6-14-19(18(13)21)24-11-23-14)20-22-8-7-16(26-20)25-17-9-15(27-28-17)12-3-4-12/h5-9,11-12H,2-4,10H2,1H3,(H,23,24)(H2,22,25,26,27,28). The largest absolute Gasteiger partial charge is 0.345 e. The number of H-pyrrole nitrogens is 2. The molecular weight excluding hydrogens is 388 g/mol. The Kier molecular flexibility index (Phi) is 4.55. The summed E-state index contributed by atoms with van der Waals surface area (Å²) < 4.78 is 0. The van der Waals surface area contributed by atoms with Crippen LogP contribution in [0.25, 0.3) is 11.0 Å². The maximum atomic E-state index is 6.57. The molecule has 0 bridgehead atoms. The van der Waals surface area contributed by atoms with E-state index in [0.717, 1.165) is 29.0 Å². The van der Waals surface area contributed by atoms with E-state index in [2.05, 4.69) is 53.3 Å². The van der Waals surface area contributed by atoms with Crippen LogP contribution in [0.2, 0.25) is 5.02 Å². The molecular formula is C20H21ClN8. The van der Waals surface area contributed by atoms with Gasteiger partial charge in [0.25, 0.3) is 0 Å². The van der Waals surface area contributed by atoms with Crippen molar-refractivity contribution in [1.82, 2.24) is 30.1 Å². The zero-order chi connectivity index (χ0) is 19.8. The molecule has 0 radical (unpaired) electrons. The Morgan fingerprint density at radius 1 is 1.21 bits per heavy atom. The third kappa shape index (κ3) is 3.63. The van der Waals surface area contributed by atoms with E-state index in [1.165, 1.54) is 18.5 Å². The number of imidazole rings is 1. The Hall–Kier alpha value is -3.13. The number of aromatic amines is 2. The van der Waals surface area contributed by atoms with Gasteiger partial charge in [-0.05, 0) is 37.5 Å². The molecule has 5 rings (SSSR count). The lowest BCUT2D eigenvalue weighted by atomic mass is 10.2. The van der Waals surface area contributed by atoms with Crippen LogP contribution in [0.3, 0.4) is 0 Å². The summed E-state index contributed by atoms with van der Waals surface area (Å²) in [7, 11) is 0. The van der Waals surface area contributed by atoms with Gasteiger partial charge in [0, 0.05) is 37.0 Å². The number of nitrogens with zero attached hydrogens (tertiary/aromatic N) is 5. The predicted molar refractivity (Wildman–Crippen MR) is 114 cm³/mol. The Morgan fingerprint density at radius 3 is 2.93 bits per heavy atom. The molecule has 0 saturated heterocycles. The van der Waals surface area contributed by atoms with Gasteiger partial charge in [0.15, 0.2) is 5.82 Å². The van der Waals surface area contributed by atoms with Gasteiger partial charge in [-0.2, -0.15) is 10.1 Å². The highest BCUT2D eigenvalue weighted by molar-refractivity contribution is 6.35. The van der Waals surface area contributed by atoms with Crippen LogP contribution < -0.4 is 10.2 Å². The van der Waals surface area contributed by atoms with Crippen LogP contribution >= 0.6 is 11.6 Å². The summed E-state index contributed by atoms with van der Waals surface area (Å²) in [6.45, 7) is 3.41. The Morgan fingerprint density at radius 2 is 2.10 bits per heavy atom. The topological polar surface area (TPSA) is 98.4 Å². The van der Waals surface area contributed by atoms with E-state index in [-0.39, 0.29) is 0 Å². The molecule has 3 aromatic heterocycles. The molecule has 0 aliphatic heterocycles. The fourth-order valence-corrected chi connectivity index (χ4v) is 3.65. The molecule has 0 amide bonds. The van der Waals surface area contributed by atoms with Gasteiger partial charge in [-0.1, -0.05) is 17.7 Å². The minimum atomic E-state index is 0.593. The highest BCUT2D eigenvalue weighted by Crippen LogP contribution is 2.39. The van der Waals surface area contributed by atoms with Crippen molar-refractivity contribution in [1.29, 1.82) is 0 Å². The molecule has 4 aromatic rings. The molecule has 29 heavy (non-hydrogen) atoms. The fraction of sp³-hybridized carbons (Fsp3) is 0.300. The maximum absolute atomic E-state index is 6.57. The SMILES string of the molecule is CCN(Cc1ccc2[nH]cnc2c1Cl)c1nccc(Nc2cc(C3CC3)[nH]n2)n1.